The Morgan fingerprint density at radius 1 is 1.06 bits per heavy atom. The minimum atomic E-state index is -3.56. The number of rotatable bonds is 1. The zero-order valence-electron chi connectivity index (χ0n) is 9.28. The van der Waals surface area contributed by atoms with Crippen LogP contribution in [0.3, 0.4) is 0 Å². The topological polar surface area (TPSA) is 68.3 Å². The number of halogens is 1. The van der Waals surface area contributed by atoms with Gasteiger partial charge in [-0.3, -0.25) is 0 Å². The fraction of sp³-hybridized carbons (Fsp3) is 0.273. The van der Waals surface area contributed by atoms with E-state index in [1.165, 1.54) is 6.08 Å². The monoisotopic (exact) mass is 398 g/mol. The Hall–Kier alpha value is -0.410. The molecule has 18 heavy (non-hydrogen) atoms. The van der Waals surface area contributed by atoms with Crippen LogP contribution in [0.4, 0.5) is 0 Å². The highest BCUT2D eigenvalue weighted by Gasteiger charge is 2.32. The summed E-state index contributed by atoms with van der Waals surface area (Å²) in [7, 11) is -6.92. The van der Waals surface area contributed by atoms with Crippen molar-refractivity contribution in [3.05, 3.63) is 44.9 Å². The summed E-state index contributed by atoms with van der Waals surface area (Å²) in [6, 6.07) is 6.87. The van der Waals surface area contributed by atoms with Gasteiger partial charge in [0.15, 0.2) is 19.7 Å². The largest absolute Gasteiger partial charge is 0.228 e. The number of sulfone groups is 2. The van der Waals surface area contributed by atoms with Crippen molar-refractivity contribution in [3.63, 3.8) is 0 Å². The third kappa shape index (κ3) is 3.12. The van der Waals surface area contributed by atoms with E-state index in [0.29, 0.717) is 5.56 Å². The Kier molecular flexibility index (Phi) is 3.84. The van der Waals surface area contributed by atoms with Crippen LogP contribution in [0.15, 0.2) is 35.7 Å². The zero-order valence-corrected chi connectivity index (χ0v) is 13.1. The van der Waals surface area contributed by atoms with E-state index in [1.54, 1.807) is 24.3 Å². The predicted molar refractivity (Wildman–Crippen MR) is 78.6 cm³/mol. The quantitative estimate of drug-likeness (QED) is 0.676. The maximum Gasteiger partial charge on any atom is 0.179 e. The third-order valence-electron chi connectivity index (χ3n) is 2.68. The molecule has 1 aliphatic heterocycles. The Balaban J connectivity index is 2.52. The molecule has 1 aromatic carbocycles. The van der Waals surface area contributed by atoms with Crippen LogP contribution < -0.4 is 0 Å². The molecule has 2 rings (SSSR count). The molecule has 0 saturated carbocycles. The molecule has 98 valence electrons. The number of hydrogen-bond acceptors (Lipinski definition) is 4. The van der Waals surface area contributed by atoms with Gasteiger partial charge in [0.1, 0.15) is 5.25 Å². The molecule has 1 aromatic rings. The van der Waals surface area contributed by atoms with Gasteiger partial charge in [0.25, 0.3) is 0 Å². The lowest BCUT2D eigenvalue weighted by Gasteiger charge is -2.13. The van der Waals surface area contributed by atoms with Crippen molar-refractivity contribution in [2.24, 2.45) is 0 Å². The van der Waals surface area contributed by atoms with Gasteiger partial charge in [-0.2, -0.15) is 0 Å². The molecule has 0 N–H and O–H groups in total. The van der Waals surface area contributed by atoms with E-state index in [1.807, 2.05) is 0 Å². The molecular weight excluding hydrogens is 387 g/mol. The minimum Gasteiger partial charge on any atom is -0.228 e. The lowest BCUT2D eigenvalue weighted by Crippen LogP contribution is -2.20. The first kappa shape index (κ1) is 14.0. The highest BCUT2D eigenvalue weighted by atomic mass is 127. The van der Waals surface area contributed by atoms with Gasteiger partial charge in [0.2, 0.25) is 0 Å². The van der Waals surface area contributed by atoms with Crippen molar-refractivity contribution in [3.8, 4) is 0 Å². The summed E-state index contributed by atoms with van der Waals surface area (Å²) in [6.07, 6.45) is 1.21. The second kappa shape index (κ2) is 4.93. The third-order valence-corrected chi connectivity index (χ3v) is 6.96. The van der Waals surface area contributed by atoms with Gasteiger partial charge in [0.05, 0.1) is 11.5 Å². The molecule has 1 aliphatic rings. The van der Waals surface area contributed by atoms with Crippen LogP contribution in [0.2, 0.25) is 0 Å². The lowest BCUT2D eigenvalue weighted by atomic mass is 10.2. The molecule has 0 aliphatic carbocycles. The molecule has 4 nitrogen and oxygen atoms in total. The smallest absolute Gasteiger partial charge is 0.179 e. The van der Waals surface area contributed by atoms with Crippen molar-refractivity contribution in [1.82, 2.24) is 0 Å². The molecule has 0 spiro atoms. The molecule has 0 fully saturated rings. The first-order valence-electron chi connectivity index (χ1n) is 5.16. The summed E-state index contributed by atoms with van der Waals surface area (Å²) in [5, 5.41) is 0.0125. The van der Waals surface area contributed by atoms with E-state index >= 15 is 0 Å². The molecule has 1 heterocycles. The fourth-order valence-corrected chi connectivity index (χ4v) is 5.90. The Morgan fingerprint density at radius 3 is 2.28 bits per heavy atom. The zero-order chi connectivity index (χ0) is 13.4. The van der Waals surface area contributed by atoms with Gasteiger partial charge in [-0.15, -0.1) is 0 Å². The Bertz CT molecular complexity index is 672. The maximum atomic E-state index is 12.0. The Labute approximate surface area is 120 Å². The van der Waals surface area contributed by atoms with Crippen LogP contribution >= 0.6 is 22.6 Å². The highest BCUT2D eigenvalue weighted by molar-refractivity contribution is 14.1. The van der Waals surface area contributed by atoms with Gasteiger partial charge in [-0.1, -0.05) is 18.2 Å². The average Bonchev–Trinajstić information content (AvgIpc) is 2.36. The summed E-state index contributed by atoms with van der Waals surface area (Å²) < 4.78 is 48.4. The van der Waals surface area contributed by atoms with E-state index in [9.17, 15) is 16.8 Å². The van der Waals surface area contributed by atoms with Crippen molar-refractivity contribution in [2.75, 3.05) is 11.5 Å². The first-order valence-corrected chi connectivity index (χ1v) is 9.67. The minimum absolute atomic E-state index is 0.215. The molecule has 7 heteroatoms. The van der Waals surface area contributed by atoms with E-state index < -0.39 is 24.9 Å². The predicted octanol–water partition coefficient (Wildman–Crippen LogP) is 1.69. The molecule has 1 unspecified atom stereocenters. The summed E-state index contributed by atoms with van der Waals surface area (Å²) in [5.74, 6) is -0.573. The Morgan fingerprint density at radius 2 is 1.67 bits per heavy atom. The molecule has 0 bridgehead atoms. The number of hydrogen-bond donors (Lipinski definition) is 0. The fourth-order valence-electron chi connectivity index (χ4n) is 1.77. The van der Waals surface area contributed by atoms with Crippen molar-refractivity contribution >= 4 is 42.3 Å². The van der Waals surface area contributed by atoms with Crippen molar-refractivity contribution in [1.29, 1.82) is 0 Å². The molecule has 0 radical (unpaired) electrons. The molecule has 0 amide bonds. The van der Waals surface area contributed by atoms with Crippen LogP contribution in [-0.2, 0) is 19.7 Å². The van der Waals surface area contributed by atoms with Crippen LogP contribution in [0.25, 0.3) is 0 Å². The van der Waals surface area contributed by atoms with Crippen molar-refractivity contribution < 1.29 is 16.8 Å². The van der Waals surface area contributed by atoms with Crippen LogP contribution in [0.1, 0.15) is 10.8 Å². The normalized spacial score (nSPS) is 25.5. The van der Waals surface area contributed by atoms with E-state index in [-0.39, 0.29) is 11.5 Å². The molecule has 1 atom stereocenters. The first-order chi connectivity index (χ1) is 8.30. The molecule has 0 saturated heterocycles. The standard InChI is InChI=1S/C11H11IO4S2/c12-10-4-2-9(3-5-10)11-8-17(13,14)6-1-7-18(11,15)16/h1-5,7,11H,6,8H2. The van der Waals surface area contributed by atoms with Crippen LogP contribution in [0, 0.1) is 3.57 Å². The average molecular weight is 398 g/mol. The van der Waals surface area contributed by atoms with Crippen LogP contribution in [-0.4, -0.2) is 28.3 Å². The van der Waals surface area contributed by atoms with E-state index in [2.05, 4.69) is 22.6 Å². The van der Waals surface area contributed by atoms with E-state index in [0.717, 1.165) is 8.98 Å². The second-order valence-corrected chi connectivity index (χ2v) is 9.50. The van der Waals surface area contributed by atoms with Crippen molar-refractivity contribution in [2.45, 2.75) is 5.25 Å². The van der Waals surface area contributed by atoms with Gasteiger partial charge in [-0.05, 0) is 40.3 Å². The van der Waals surface area contributed by atoms with Gasteiger partial charge >= 0.3 is 0 Å². The van der Waals surface area contributed by atoms with Crippen LogP contribution in [0.5, 0.6) is 0 Å². The lowest BCUT2D eigenvalue weighted by molar-refractivity contribution is 0.584. The summed E-state index contributed by atoms with van der Waals surface area (Å²) in [4.78, 5) is 0. The molecule has 0 aromatic heterocycles. The second-order valence-electron chi connectivity index (χ2n) is 4.08. The number of benzene rings is 1. The van der Waals surface area contributed by atoms with Gasteiger partial charge in [0, 0.05) is 8.98 Å². The molecular formula is C11H11IO4S2. The SMILES string of the molecule is O=S1(=O)CC=CS(=O)(=O)C(c2ccc(I)cc2)C1. The van der Waals surface area contributed by atoms with Gasteiger partial charge in [-0.25, -0.2) is 16.8 Å². The highest BCUT2D eigenvalue weighted by Crippen LogP contribution is 2.28. The summed E-state index contributed by atoms with van der Waals surface area (Å²) >= 11 is 2.11. The summed E-state index contributed by atoms with van der Waals surface area (Å²) in [6.45, 7) is 0. The van der Waals surface area contributed by atoms with E-state index in [4.69, 9.17) is 0 Å². The maximum absolute atomic E-state index is 12.0. The van der Waals surface area contributed by atoms with Gasteiger partial charge < -0.3 is 0 Å². The summed E-state index contributed by atoms with van der Waals surface area (Å²) in [5.41, 5.74) is 0.519.